The van der Waals surface area contributed by atoms with E-state index in [0.717, 1.165) is 28.0 Å². The molecule has 2 atom stereocenters. The number of hydrogen-bond acceptors (Lipinski definition) is 2. The second-order valence-electron chi connectivity index (χ2n) is 7.76. The van der Waals surface area contributed by atoms with Crippen LogP contribution in [0.25, 0.3) is 22.4 Å². The summed E-state index contributed by atoms with van der Waals surface area (Å²) in [7, 11) is 0. The largest absolute Gasteiger partial charge is 0.338 e. The number of aromatic amines is 1. The fraction of sp³-hybridized carbons (Fsp3) is 0.273. The lowest BCUT2D eigenvalue weighted by molar-refractivity contribution is 0.591. The van der Waals surface area contributed by atoms with E-state index < -0.39 is 0 Å². The van der Waals surface area contributed by atoms with E-state index in [0.29, 0.717) is 0 Å². The normalized spacial score (nSPS) is 20.0. The number of alkyl halides is 1. The second kappa shape index (κ2) is 6.40. The molecule has 132 valence electrons. The molecule has 2 unspecified atom stereocenters. The van der Waals surface area contributed by atoms with Gasteiger partial charge in [0.1, 0.15) is 5.82 Å². The van der Waals surface area contributed by atoms with Gasteiger partial charge in [0.15, 0.2) is 0 Å². The minimum absolute atomic E-state index is 0.0271. The Balaban J connectivity index is 1.65. The molecule has 0 radical (unpaired) electrons. The first-order valence-corrected chi connectivity index (χ1v) is 9.30. The van der Waals surface area contributed by atoms with Crippen molar-refractivity contribution in [1.29, 1.82) is 0 Å². The lowest BCUT2D eigenvalue weighted by atomic mass is 9.87. The first kappa shape index (κ1) is 17.0. The Hall–Kier alpha value is -2.39. The maximum Gasteiger partial charge on any atom is 0.138 e. The summed E-state index contributed by atoms with van der Waals surface area (Å²) >= 11 is 6.36. The third-order valence-corrected chi connectivity index (χ3v) is 5.19. The van der Waals surface area contributed by atoms with Crippen molar-refractivity contribution in [2.75, 3.05) is 0 Å². The Bertz CT molecular complexity index is 990. The SMILES string of the molecule is CC(C)(C)c1ccc2nc(-c3ccc(C4N=CC=CC4Cl)cc3)[nH]c2c1. The fourth-order valence-electron chi connectivity index (χ4n) is 3.21. The minimum atomic E-state index is -0.104. The van der Waals surface area contributed by atoms with Gasteiger partial charge in [0.05, 0.1) is 22.5 Å². The average Bonchev–Trinajstić information content (AvgIpc) is 3.05. The van der Waals surface area contributed by atoms with Crippen LogP contribution < -0.4 is 0 Å². The standard InChI is InChI=1S/C22H22ClN3/c1-22(2,3)16-10-11-18-19(13-16)26-21(25-18)15-8-6-14(7-9-15)20-17(23)5-4-12-24-20/h4-13,17,20H,1-3H3,(H,25,26). The van der Waals surface area contributed by atoms with Gasteiger partial charge in [-0.05, 0) is 34.8 Å². The van der Waals surface area contributed by atoms with Gasteiger partial charge >= 0.3 is 0 Å². The summed E-state index contributed by atoms with van der Waals surface area (Å²) in [6.07, 6.45) is 5.67. The summed E-state index contributed by atoms with van der Waals surface area (Å²) in [6, 6.07) is 14.7. The maximum absolute atomic E-state index is 6.36. The van der Waals surface area contributed by atoms with Crippen LogP contribution in [0.2, 0.25) is 0 Å². The van der Waals surface area contributed by atoms with Crippen LogP contribution in [0.1, 0.15) is 37.9 Å². The van der Waals surface area contributed by atoms with E-state index in [9.17, 15) is 0 Å². The van der Waals surface area contributed by atoms with Crippen LogP contribution in [-0.2, 0) is 5.41 Å². The highest BCUT2D eigenvalue weighted by molar-refractivity contribution is 6.22. The first-order valence-electron chi connectivity index (χ1n) is 8.86. The van der Waals surface area contributed by atoms with Crippen LogP contribution in [0.4, 0.5) is 0 Å². The summed E-state index contributed by atoms with van der Waals surface area (Å²) in [5.74, 6) is 0.882. The van der Waals surface area contributed by atoms with Gasteiger partial charge < -0.3 is 4.98 Å². The van der Waals surface area contributed by atoms with Crippen molar-refractivity contribution in [2.45, 2.75) is 37.6 Å². The quantitative estimate of drug-likeness (QED) is 0.573. The molecule has 0 bridgehead atoms. The molecule has 1 N–H and O–H groups in total. The van der Waals surface area contributed by atoms with Crippen LogP contribution in [0.5, 0.6) is 0 Å². The molecule has 3 nitrogen and oxygen atoms in total. The highest BCUT2D eigenvalue weighted by Gasteiger charge is 2.20. The summed E-state index contributed by atoms with van der Waals surface area (Å²) < 4.78 is 0. The molecule has 2 aromatic carbocycles. The highest BCUT2D eigenvalue weighted by atomic mass is 35.5. The van der Waals surface area contributed by atoms with E-state index in [-0.39, 0.29) is 16.8 Å². The Kier molecular flexibility index (Phi) is 4.20. The maximum atomic E-state index is 6.36. The Morgan fingerprint density at radius 2 is 1.81 bits per heavy atom. The van der Waals surface area contributed by atoms with Crippen molar-refractivity contribution < 1.29 is 0 Å². The van der Waals surface area contributed by atoms with Gasteiger partial charge in [0, 0.05) is 11.8 Å². The Labute approximate surface area is 158 Å². The molecule has 0 amide bonds. The van der Waals surface area contributed by atoms with Gasteiger partial charge in [-0.2, -0.15) is 0 Å². The van der Waals surface area contributed by atoms with Gasteiger partial charge in [-0.15, -0.1) is 11.6 Å². The topological polar surface area (TPSA) is 41.0 Å². The lowest BCUT2D eigenvalue weighted by Gasteiger charge is -2.18. The Morgan fingerprint density at radius 3 is 2.50 bits per heavy atom. The number of rotatable bonds is 2. The van der Waals surface area contributed by atoms with E-state index in [1.54, 1.807) is 0 Å². The van der Waals surface area contributed by atoms with Crippen LogP contribution >= 0.6 is 11.6 Å². The highest BCUT2D eigenvalue weighted by Crippen LogP contribution is 2.31. The molecule has 1 aromatic heterocycles. The lowest BCUT2D eigenvalue weighted by Crippen LogP contribution is -2.11. The molecular formula is C22H22ClN3. The average molecular weight is 364 g/mol. The molecule has 0 saturated heterocycles. The third kappa shape index (κ3) is 3.19. The molecule has 0 fully saturated rings. The van der Waals surface area contributed by atoms with Gasteiger partial charge in [0.25, 0.3) is 0 Å². The van der Waals surface area contributed by atoms with Crippen LogP contribution in [0.15, 0.2) is 59.6 Å². The van der Waals surface area contributed by atoms with Gasteiger partial charge in [-0.25, -0.2) is 4.98 Å². The van der Waals surface area contributed by atoms with Gasteiger partial charge in [-0.3, -0.25) is 4.99 Å². The number of aromatic nitrogens is 2. The molecule has 0 saturated carbocycles. The number of imidazole rings is 1. The van der Waals surface area contributed by atoms with Crippen molar-refractivity contribution in [1.82, 2.24) is 9.97 Å². The van der Waals surface area contributed by atoms with Crippen molar-refractivity contribution in [2.24, 2.45) is 4.99 Å². The predicted molar refractivity (Wildman–Crippen MR) is 110 cm³/mol. The van der Waals surface area contributed by atoms with Gasteiger partial charge in [-0.1, -0.05) is 57.2 Å². The van der Waals surface area contributed by atoms with E-state index >= 15 is 0 Å². The zero-order valence-electron chi connectivity index (χ0n) is 15.2. The van der Waals surface area contributed by atoms with Crippen molar-refractivity contribution in [3.63, 3.8) is 0 Å². The number of dihydropyridines is 1. The number of nitrogens with one attached hydrogen (secondary N) is 1. The number of hydrogen-bond donors (Lipinski definition) is 1. The second-order valence-corrected chi connectivity index (χ2v) is 8.27. The molecule has 4 heteroatoms. The number of allylic oxidation sites excluding steroid dienone is 1. The fourth-order valence-corrected chi connectivity index (χ4v) is 3.50. The molecule has 0 aliphatic carbocycles. The molecule has 0 spiro atoms. The van der Waals surface area contributed by atoms with Crippen molar-refractivity contribution >= 4 is 28.8 Å². The minimum Gasteiger partial charge on any atom is -0.338 e. The number of fused-ring (bicyclic) bond motifs is 1. The monoisotopic (exact) mass is 363 g/mol. The number of aliphatic imine (C=N–C) groups is 1. The molecule has 3 aromatic rings. The van der Waals surface area contributed by atoms with Crippen LogP contribution in [0, 0.1) is 0 Å². The third-order valence-electron chi connectivity index (χ3n) is 4.80. The van der Waals surface area contributed by atoms with Gasteiger partial charge in [0.2, 0.25) is 0 Å². The number of nitrogens with zero attached hydrogens (tertiary/aromatic N) is 2. The van der Waals surface area contributed by atoms with Crippen LogP contribution in [-0.4, -0.2) is 21.6 Å². The molecular weight excluding hydrogens is 342 g/mol. The zero-order chi connectivity index (χ0) is 18.3. The molecule has 4 rings (SSSR count). The number of H-pyrrole nitrogens is 1. The first-order chi connectivity index (χ1) is 12.4. The summed E-state index contributed by atoms with van der Waals surface area (Å²) in [4.78, 5) is 12.7. The Morgan fingerprint density at radius 1 is 1.04 bits per heavy atom. The molecule has 2 heterocycles. The molecule has 1 aliphatic rings. The van der Waals surface area contributed by atoms with Crippen molar-refractivity contribution in [3.8, 4) is 11.4 Å². The number of benzene rings is 2. The van der Waals surface area contributed by atoms with E-state index in [1.807, 2.05) is 18.4 Å². The smallest absolute Gasteiger partial charge is 0.138 e. The summed E-state index contributed by atoms with van der Waals surface area (Å²) in [5, 5.41) is -0.104. The molecule has 1 aliphatic heterocycles. The summed E-state index contributed by atoms with van der Waals surface area (Å²) in [5.41, 5.74) is 5.64. The van der Waals surface area contributed by atoms with Crippen molar-refractivity contribution in [3.05, 3.63) is 65.7 Å². The van der Waals surface area contributed by atoms with E-state index in [1.165, 1.54) is 5.56 Å². The van der Waals surface area contributed by atoms with Crippen LogP contribution in [0.3, 0.4) is 0 Å². The summed E-state index contributed by atoms with van der Waals surface area (Å²) in [6.45, 7) is 6.66. The number of halogens is 1. The van der Waals surface area contributed by atoms with E-state index in [4.69, 9.17) is 16.6 Å². The zero-order valence-corrected chi connectivity index (χ0v) is 16.0. The molecule has 26 heavy (non-hydrogen) atoms. The van der Waals surface area contributed by atoms with E-state index in [2.05, 4.69) is 73.2 Å². The predicted octanol–water partition coefficient (Wildman–Crippen LogP) is 5.82.